The zero-order valence-corrected chi connectivity index (χ0v) is 16.7. The van der Waals surface area contributed by atoms with E-state index in [2.05, 4.69) is 5.32 Å². The zero-order chi connectivity index (χ0) is 22.0. The number of carbonyl (C=O) groups excluding carboxylic acids is 2. The highest BCUT2D eigenvalue weighted by Gasteiger charge is 2.24. The number of nitrogens with two attached hydrogens (primary N) is 1. The molecule has 0 radical (unpaired) electrons. The van der Waals surface area contributed by atoms with Crippen LogP contribution in [0.15, 0.2) is 53.3 Å². The molecule has 3 N–H and O–H groups in total. The number of amides is 1. The fourth-order valence-corrected chi connectivity index (χ4v) is 2.93. The van der Waals surface area contributed by atoms with Gasteiger partial charge in [-0.3, -0.25) is 14.3 Å². The minimum absolute atomic E-state index is 0.0571. The number of nitrogen functional groups attached to an aromatic ring is 1. The molecular weight excluding hydrogens is 391 g/mol. The number of aromatic nitrogens is 2. The van der Waals surface area contributed by atoms with Crippen LogP contribution in [0.25, 0.3) is 5.69 Å². The van der Waals surface area contributed by atoms with Crippen LogP contribution in [-0.4, -0.2) is 27.3 Å². The number of carbonyl (C=O) groups is 2. The fraction of sp³-hybridized carbons (Fsp3) is 0.190. The third-order valence-electron chi connectivity index (χ3n) is 4.69. The van der Waals surface area contributed by atoms with Gasteiger partial charge in [-0.05, 0) is 44.2 Å². The van der Waals surface area contributed by atoms with E-state index < -0.39 is 29.4 Å². The molecule has 0 spiro atoms. The summed E-state index contributed by atoms with van der Waals surface area (Å²) in [6, 6.07) is 12.2. The number of hydrogen-bond acceptors (Lipinski definition) is 5. The van der Waals surface area contributed by atoms with Crippen LogP contribution in [0.2, 0.25) is 0 Å². The van der Waals surface area contributed by atoms with E-state index in [0.717, 1.165) is 12.1 Å². The third kappa shape index (κ3) is 3.95. The molecule has 0 bridgehead atoms. The van der Waals surface area contributed by atoms with Gasteiger partial charge in [0.05, 0.1) is 16.9 Å². The van der Waals surface area contributed by atoms with Crippen LogP contribution in [0.5, 0.6) is 0 Å². The Bertz CT molecular complexity index is 1170. The lowest BCUT2D eigenvalue weighted by molar-refractivity contribution is -0.123. The Balaban J connectivity index is 1.79. The largest absolute Gasteiger partial charge is 0.449 e. The van der Waals surface area contributed by atoms with Crippen LogP contribution in [0, 0.1) is 12.7 Å². The SMILES string of the molecule is Cc1c(NC(=O)[C@H](C)OC(=O)c2ccc(F)cc2N)c(=O)n(-c2ccccc2)n1C. The van der Waals surface area contributed by atoms with Crippen molar-refractivity contribution in [3.63, 3.8) is 0 Å². The number of rotatable bonds is 5. The predicted molar refractivity (Wildman–Crippen MR) is 110 cm³/mol. The molecule has 156 valence electrons. The molecule has 2 aromatic carbocycles. The van der Waals surface area contributed by atoms with Crippen LogP contribution in [0.3, 0.4) is 0 Å². The molecule has 9 heteroatoms. The topological polar surface area (TPSA) is 108 Å². The van der Waals surface area contributed by atoms with Gasteiger partial charge in [-0.15, -0.1) is 0 Å². The summed E-state index contributed by atoms with van der Waals surface area (Å²) in [5.41, 5.74) is 6.29. The minimum Gasteiger partial charge on any atom is -0.449 e. The highest BCUT2D eigenvalue weighted by Crippen LogP contribution is 2.17. The quantitative estimate of drug-likeness (QED) is 0.494. The highest BCUT2D eigenvalue weighted by atomic mass is 19.1. The second-order valence-electron chi connectivity index (χ2n) is 6.70. The lowest BCUT2D eigenvalue weighted by atomic mass is 10.2. The summed E-state index contributed by atoms with van der Waals surface area (Å²) in [5.74, 6) is -2.15. The van der Waals surface area contributed by atoms with Crippen LogP contribution >= 0.6 is 0 Å². The fourth-order valence-electron chi connectivity index (χ4n) is 2.93. The summed E-state index contributed by atoms with van der Waals surface area (Å²) in [4.78, 5) is 37.6. The van der Waals surface area contributed by atoms with Crippen molar-refractivity contribution in [2.75, 3.05) is 11.1 Å². The van der Waals surface area contributed by atoms with E-state index in [9.17, 15) is 18.8 Å². The van der Waals surface area contributed by atoms with Crippen molar-refractivity contribution in [2.45, 2.75) is 20.0 Å². The Kier molecular flexibility index (Phi) is 5.72. The summed E-state index contributed by atoms with van der Waals surface area (Å²) in [7, 11) is 1.69. The predicted octanol–water partition coefficient (Wildman–Crippen LogP) is 2.39. The molecular formula is C21H21FN4O4. The second kappa shape index (κ2) is 8.24. The monoisotopic (exact) mass is 412 g/mol. The zero-order valence-electron chi connectivity index (χ0n) is 16.7. The first kappa shape index (κ1) is 20.8. The van der Waals surface area contributed by atoms with Crippen molar-refractivity contribution < 1.29 is 18.7 Å². The van der Waals surface area contributed by atoms with Gasteiger partial charge in [-0.25, -0.2) is 13.9 Å². The molecule has 1 heterocycles. The molecule has 0 aliphatic rings. The molecule has 0 fully saturated rings. The van der Waals surface area contributed by atoms with Gasteiger partial charge in [-0.1, -0.05) is 18.2 Å². The Morgan fingerprint density at radius 2 is 1.83 bits per heavy atom. The second-order valence-corrected chi connectivity index (χ2v) is 6.70. The lowest BCUT2D eigenvalue weighted by Gasteiger charge is -2.14. The first-order chi connectivity index (χ1) is 14.2. The molecule has 3 rings (SSSR count). The molecule has 1 amide bonds. The molecule has 0 unspecified atom stereocenters. The smallest absolute Gasteiger partial charge is 0.341 e. The van der Waals surface area contributed by atoms with E-state index in [1.807, 2.05) is 6.07 Å². The van der Waals surface area contributed by atoms with Gasteiger partial charge in [0.25, 0.3) is 11.5 Å². The molecule has 1 atom stereocenters. The van der Waals surface area contributed by atoms with Gasteiger partial charge in [0.1, 0.15) is 11.5 Å². The number of anilines is 2. The first-order valence-electron chi connectivity index (χ1n) is 9.11. The summed E-state index contributed by atoms with van der Waals surface area (Å²) in [6.45, 7) is 3.05. The Labute approximate surface area is 171 Å². The van der Waals surface area contributed by atoms with Gasteiger partial charge >= 0.3 is 5.97 Å². The van der Waals surface area contributed by atoms with Crippen LogP contribution < -0.4 is 16.6 Å². The molecule has 8 nitrogen and oxygen atoms in total. The van der Waals surface area contributed by atoms with Gasteiger partial charge in [0.15, 0.2) is 6.10 Å². The van der Waals surface area contributed by atoms with Gasteiger partial charge in [0.2, 0.25) is 0 Å². The van der Waals surface area contributed by atoms with E-state index in [1.54, 1.807) is 42.9 Å². The number of esters is 1. The highest BCUT2D eigenvalue weighted by molar-refractivity contribution is 5.99. The van der Waals surface area contributed by atoms with Crippen LogP contribution in [0.4, 0.5) is 15.8 Å². The van der Waals surface area contributed by atoms with Gasteiger partial charge in [-0.2, -0.15) is 0 Å². The number of para-hydroxylation sites is 1. The Hall–Kier alpha value is -3.88. The molecule has 0 aliphatic heterocycles. The van der Waals surface area contributed by atoms with E-state index in [4.69, 9.17) is 10.5 Å². The number of benzene rings is 2. The maximum absolute atomic E-state index is 13.1. The van der Waals surface area contributed by atoms with Crippen molar-refractivity contribution in [3.05, 3.63) is 76.0 Å². The average Bonchev–Trinajstić information content (AvgIpc) is 2.91. The molecule has 1 aromatic heterocycles. The molecule has 0 saturated carbocycles. The average molecular weight is 412 g/mol. The third-order valence-corrected chi connectivity index (χ3v) is 4.69. The van der Waals surface area contributed by atoms with E-state index >= 15 is 0 Å². The Morgan fingerprint density at radius 3 is 2.47 bits per heavy atom. The van der Waals surface area contributed by atoms with E-state index in [-0.39, 0.29) is 16.9 Å². The number of ether oxygens (including phenoxy) is 1. The Morgan fingerprint density at radius 1 is 1.17 bits per heavy atom. The van der Waals surface area contributed by atoms with E-state index in [0.29, 0.717) is 11.4 Å². The van der Waals surface area contributed by atoms with Crippen LogP contribution in [-0.2, 0) is 16.6 Å². The molecule has 0 aliphatic carbocycles. The normalized spacial score (nSPS) is 11.7. The van der Waals surface area contributed by atoms with E-state index in [1.165, 1.54) is 17.7 Å². The number of halogens is 1. The van der Waals surface area contributed by atoms with Crippen molar-refractivity contribution in [3.8, 4) is 5.69 Å². The van der Waals surface area contributed by atoms with Crippen molar-refractivity contribution in [1.82, 2.24) is 9.36 Å². The van der Waals surface area contributed by atoms with Crippen LogP contribution in [0.1, 0.15) is 23.0 Å². The van der Waals surface area contributed by atoms with Gasteiger partial charge < -0.3 is 15.8 Å². The van der Waals surface area contributed by atoms with Gasteiger partial charge in [0, 0.05) is 12.7 Å². The molecule has 30 heavy (non-hydrogen) atoms. The number of hydrogen-bond donors (Lipinski definition) is 2. The molecule has 3 aromatic rings. The maximum atomic E-state index is 13.1. The first-order valence-corrected chi connectivity index (χ1v) is 9.11. The standard InChI is InChI=1S/C21H21FN4O4/c1-12-18(20(28)26(25(12)3)15-7-5-4-6-8-15)24-19(27)13(2)30-21(29)16-10-9-14(22)11-17(16)23/h4-11,13H,23H2,1-3H3,(H,24,27)/t13-/m0/s1. The minimum atomic E-state index is -1.22. The van der Waals surface area contributed by atoms with Crippen molar-refractivity contribution >= 4 is 23.3 Å². The summed E-state index contributed by atoms with van der Waals surface area (Å²) in [6.07, 6.45) is -1.22. The summed E-state index contributed by atoms with van der Waals surface area (Å²) >= 11 is 0. The summed E-state index contributed by atoms with van der Waals surface area (Å²) in [5, 5.41) is 2.53. The lowest BCUT2D eigenvalue weighted by Crippen LogP contribution is -2.32. The molecule has 0 saturated heterocycles. The van der Waals surface area contributed by atoms with Crippen molar-refractivity contribution in [2.24, 2.45) is 7.05 Å². The van der Waals surface area contributed by atoms with Crippen molar-refractivity contribution in [1.29, 1.82) is 0 Å². The number of nitrogens with zero attached hydrogens (tertiary/aromatic N) is 2. The summed E-state index contributed by atoms with van der Waals surface area (Å²) < 4.78 is 21.3. The number of nitrogens with one attached hydrogen (secondary N) is 1. The maximum Gasteiger partial charge on any atom is 0.341 e.